The van der Waals surface area contributed by atoms with E-state index >= 15 is 0 Å². The monoisotopic (exact) mass is 345 g/mol. The first-order chi connectivity index (χ1) is 12.1. The van der Waals surface area contributed by atoms with E-state index in [1.54, 1.807) is 32.0 Å². The van der Waals surface area contributed by atoms with Crippen LogP contribution < -0.4 is 9.47 Å². The minimum Gasteiger partial charge on any atom is -0.493 e. The third-order valence-corrected chi connectivity index (χ3v) is 3.25. The maximum absolute atomic E-state index is 11.3. The molecule has 7 nitrogen and oxygen atoms in total. The van der Waals surface area contributed by atoms with Crippen molar-refractivity contribution >= 4 is 18.3 Å². The SMILES string of the molecule is CCOC(=O)/C=C/c1nc(COc2ccc(C=O)cc2OC)c(C)o1. The Morgan fingerprint density at radius 1 is 1.32 bits per heavy atom. The van der Waals surface area contributed by atoms with Crippen LogP contribution in [0.1, 0.15) is 34.6 Å². The number of carbonyl (C=O) groups excluding carboxylic acids is 2. The number of rotatable bonds is 8. The lowest BCUT2D eigenvalue weighted by Gasteiger charge is -2.10. The topological polar surface area (TPSA) is 87.9 Å². The summed E-state index contributed by atoms with van der Waals surface area (Å²) < 4.78 is 21.2. The molecule has 1 aromatic heterocycles. The summed E-state index contributed by atoms with van der Waals surface area (Å²) in [6.45, 7) is 3.93. The van der Waals surface area contributed by atoms with Crippen LogP contribution in [-0.4, -0.2) is 31.0 Å². The number of ether oxygens (including phenoxy) is 3. The molecule has 0 saturated carbocycles. The summed E-state index contributed by atoms with van der Waals surface area (Å²) in [6.07, 6.45) is 3.42. The molecule has 0 N–H and O–H groups in total. The Bertz CT molecular complexity index is 778. The second-order valence-electron chi connectivity index (χ2n) is 4.96. The van der Waals surface area contributed by atoms with Gasteiger partial charge in [0.25, 0.3) is 0 Å². The van der Waals surface area contributed by atoms with Gasteiger partial charge in [-0.2, -0.15) is 0 Å². The molecule has 7 heteroatoms. The van der Waals surface area contributed by atoms with Gasteiger partial charge in [0.1, 0.15) is 24.3 Å². The van der Waals surface area contributed by atoms with Crippen LogP contribution in [0, 0.1) is 6.92 Å². The molecule has 0 fully saturated rings. The highest BCUT2D eigenvalue weighted by atomic mass is 16.5. The largest absolute Gasteiger partial charge is 0.493 e. The standard InChI is InChI=1S/C18H19NO6/c1-4-23-18(21)8-7-17-19-14(12(2)25-17)11-24-15-6-5-13(10-20)9-16(15)22-3/h5-10H,4,11H2,1-3H3/b8-7+. The van der Waals surface area contributed by atoms with E-state index < -0.39 is 5.97 Å². The van der Waals surface area contributed by atoms with E-state index in [1.807, 2.05) is 0 Å². The number of aryl methyl sites for hydroxylation is 1. The molecule has 2 rings (SSSR count). The van der Waals surface area contributed by atoms with E-state index in [1.165, 1.54) is 19.3 Å². The summed E-state index contributed by atoms with van der Waals surface area (Å²) in [5, 5.41) is 0. The van der Waals surface area contributed by atoms with Gasteiger partial charge in [-0.25, -0.2) is 9.78 Å². The third-order valence-electron chi connectivity index (χ3n) is 3.25. The lowest BCUT2D eigenvalue weighted by Crippen LogP contribution is -2.00. The molecule has 0 amide bonds. The predicted octanol–water partition coefficient (Wildman–Crippen LogP) is 2.96. The maximum Gasteiger partial charge on any atom is 0.330 e. The number of esters is 1. The zero-order valence-corrected chi connectivity index (χ0v) is 14.3. The highest BCUT2D eigenvalue weighted by molar-refractivity contribution is 5.86. The molecule has 0 bridgehead atoms. The summed E-state index contributed by atoms with van der Waals surface area (Å²) >= 11 is 0. The van der Waals surface area contributed by atoms with Crippen molar-refractivity contribution in [3.8, 4) is 11.5 Å². The molecule has 1 aromatic carbocycles. The lowest BCUT2D eigenvalue weighted by atomic mass is 10.2. The molecule has 0 aliphatic rings. The molecular formula is C18H19NO6. The van der Waals surface area contributed by atoms with E-state index in [0.29, 0.717) is 35.1 Å². The maximum atomic E-state index is 11.3. The van der Waals surface area contributed by atoms with Crippen LogP contribution in [0.5, 0.6) is 11.5 Å². The molecule has 0 radical (unpaired) electrons. The second kappa shape index (κ2) is 8.68. The van der Waals surface area contributed by atoms with Gasteiger partial charge >= 0.3 is 5.97 Å². The van der Waals surface area contributed by atoms with E-state index in [9.17, 15) is 9.59 Å². The van der Waals surface area contributed by atoms with Gasteiger partial charge in [-0.3, -0.25) is 4.79 Å². The molecule has 25 heavy (non-hydrogen) atoms. The Hall–Kier alpha value is -3.09. The quantitative estimate of drug-likeness (QED) is 0.413. The van der Waals surface area contributed by atoms with Crippen molar-refractivity contribution in [3.05, 3.63) is 47.2 Å². The number of methoxy groups -OCH3 is 1. The minimum absolute atomic E-state index is 0.152. The fourth-order valence-corrected chi connectivity index (χ4v) is 2.01. The number of hydrogen-bond acceptors (Lipinski definition) is 7. The number of carbonyl (C=O) groups is 2. The number of nitrogens with zero attached hydrogens (tertiary/aromatic N) is 1. The van der Waals surface area contributed by atoms with Crippen molar-refractivity contribution in [2.24, 2.45) is 0 Å². The normalized spacial score (nSPS) is 10.7. The highest BCUT2D eigenvalue weighted by Crippen LogP contribution is 2.28. The van der Waals surface area contributed by atoms with Crippen molar-refractivity contribution in [2.75, 3.05) is 13.7 Å². The number of aldehydes is 1. The summed E-state index contributed by atoms with van der Waals surface area (Å²) in [6, 6.07) is 4.87. The van der Waals surface area contributed by atoms with Gasteiger partial charge in [-0.15, -0.1) is 0 Å². The van der Waals surface area contributed by atoms with Crippen LogP contribution in [0.3, 0.4) is 0 Å². The van der Waals surface area contributed by atoms with Gasteiger partial charge in [-0.1, -0.05) is 0 Å². The zero-order chi connectivity index (χ0) is 18.2. The number of benzene rings is 1. The molecule has 132 valence electrons. The first kappa shape index (κ1) is 18.3. The van der Waals surface area contributed by atoms with Crippen LogP contribution >= 0.6 is 0 Å². The third kappa shape index (κ3) is 4.94. The molecule has 0 aliphatic carbocycles. The fraction of sp³-hybridized carbons (Fsp3) is 0.278. The van der Waals surface area contributed by atoms with Gasteiger partial charge in [0.15, 0.2) is 11.5 Å². The average Bonchev–Trinajstić information content (AvgIpc) is 2.98. The summed E-state index contributed by atoms with van der Waals surface area (Å²) in [5.41, 5.74) is 1.08. The minimum atomic E-state index is -0.462. The molecule has 2 aromatic rings. The smallest absolute Gasteiger partial charge is 0.330 e. The summed E-state index contributed by atoms with van der Waals surface area (Å²) in [7, 11) is 1.50. The molecule has 0 saturated heterocycles. The van der Waals surface area contributed by atoms with Crippen LogP contribution in [-0.2, 0) is 16.1 Å². The number of oxazole rings is 1. The average molecular weight is 345 g/mol. The first-order valence-corrected chi connectivity index (χ1v) is 7.64. The van der Waals surface area contributed by atoms with Gasteiger partial charge in [0, 0.05) is 17.7 Å². The second-order valence-corrected chi connectivity index (χ2v) is 4.96. The first-order valence-electron chi connectivity index (χ1n) is 7.64. The van der Waals surface area contributed by atoms with Crippen molar-refractivity contribution in [3.63, 3.8) is 0 Å². The van der Waals surface area contributed by atoms with Crippen LogP contribution in [0.4, 0.5) is 0 Å². The van der Waals surface area contributed by atoms with E-state index in [0.717, 1.165) is 6.29 Å². The van der Waals surface area contributed by atoms with Gasteiger partial charge in [0.05, 0.1) is 13.7 Å². The molecule has 0 atom stereocenters. The summed E-state index contributed by atoms with van der Waals surface area (Å²) in [5.74, 6) is 1.34. The Morgan fingerprint density at radius 2 is 2.12 bits per heavy atom. The van der Waals surface area contributed by atoms with Crippen molar-refractivity contribution in [1.82, 2.24) is 4.98 Å². The highest BCUT2D eigenvalue weighted by Gasteiger charge is 2.11. The van der Waals surface area contributed by atoms with Gasteiger partial charge in [-0.05, 0) is 32.0 Å². The fourth-order valence-electron chi connectivity index (χ4n) is 2.01. The molecule has 1 heterocycles. The Balaban J connectivity index is 2.06. The summed E-state index contributed by atoms with van der Waals surface area (Å²) in [4.78, 5) is 26.4. The van der Waals surface area contributed by atoms with E-state index in [-0.39, 0.29) is 12.5 Å². The van der Waals surface area contributed by atoms with Crippen LogP contribution in [0.2, 0.25) is 0 Å². The lowest BCUT2D eigenvalue weighted by molar-refractivity contribution is -0.137. The molecule has 0 unspecified atom stereocenters. The Morgan fingerprint density at radius 3 is 2.80 bits per heavy atom. The van der Waals surface area contributed by atoms with Crippen LogP contribution in [0.15, 0.2) is 28.7 Å². The molecule has 0 spiro atoms. The molecule has 0 aliphatic heterocycles. The number of hydrogen-bond donors (Lipinski definition) is 0. The Labute approximate surface area is 145 Å². The predicted molar refractivity (Wildman–Crippen MR) is 89.6 cm³/mol. The van der Waals surface area contributed by atoms with Crippen molar-refractivity contribution in [2.45, 2.75) is 20.5 Å². The molecular weight excluding hydrogens is 326 g/mol. The van der Waals surface area contributed by atoms with Crippen molar-refractivity contribution < 1.29 is 28.2 Å². The number of aromatic nitrogens is 1. The Kier molecular flexibility index (Phi) is 6.33. The van der Waals surface area contributed by atoms with E-state index in [4.69, 9.17) is 18.6 Å². The van der Waals surface area contributed by atoms with Gasteiger partial charge in [0.2, 0.25) is 5.89 Å². The van der Waals surface area contributed by atoms with E-state index in [2.05, 4.69) is 4.98 Å². The van der Waals surface area contributed by atoms with Crippen molar-refractivity contribution in [1.29, 1.82) is 0 Å². The van der Waals surface area contributed by atoms with Gasteiger partial charge < -0.3 is 18.6 Å². The van der Waals surface area contributed by atoms with Crippen LogP contribution in [0.25, 0.3) is 6.08 Å². The zero-order valence-electron chi connectivity index (χ0n) is 14.3.